The van der Waals surface area contributed by atoms with E-state index in [1.54, 1.807) is 19.9 Å². The van der Waals surface area contributed by atoms with Crippen molar-refractivity contribution in [2.75, 3.05) is 19.6 Å². The van der Waals surface area contributed by atoms with Crippen LogP contribution in [0.3, 0.4) is 0 Å². The van der Waals surface area contributed by atoms with E-state index in [1.807, 2.05) is 4.90 Å². The lowest BCUT2D eigenvalue weighted by atomic mass is 10.1. The Hall–Kier alpha value is -2.50. The Labute approximate surface area is 195 Å². The molecule has 0 amide bonds. The van der Waals surface area contributed by atoms with Gasteiger partial charge in [0.05, 0.1) is 16.9 Å². The number of carboxylic acids is 1. The first-order valence-electron chi connectivity index (χ1n) is 10.7. The predicted molar refractivity (Wildman–Crippen MR) is 117 cm³/mol. The first kappa shape index (κ1) is 26.1. The van der Waals surface area contributed by atoms with Crippen LogP contribution in [0.25, 0.3) is 0 Å². The number of hydrogen-bond donors (Lipinski definition) is 1. The quantitative estimate of drug-likeness (QED) is 0.583. The highest BCUT2D eigenvalue weighted by Gasteiger charge is 2.38. The lowest BCUT2D eigenvalue weighted by molar-refractivity contribution is -0.140. The van der Waals surface area contributed by atoms with Crippen molar-refractivity contribution in [3.63, 3.8) is 0 Å². The highest BCUT2D eigenvalue weighted by molar-refractivity contribution is 7.89. The minimum atomic E-state index is -4.75. The summed E-state index contributed by atoms with van der Waals surface area (Å²) in [6.45, 7) is 4.74. The number of aliphatic carboxylic acids is 1. The van der Waals surface area contributed by atoms with Crippen LogP contribution in [-0.2, 0) is 33.8 Å². The number of hydrogen-bond acceptors (Lipinski definition) is 4. The van der Waals surface area contributed by atoms with Crippen LogP contribution in [-0.4, -0.2) is 60.4 Å². The van der Waals surface area contributed by atoms with Crippen LogP contribution in [0.1, 0.15) is 30.5 Å². The molecular weight excluding hydrogens is 476 g/mol. The minimum Gasteiger partial charge on any atom is -0.481 e. The summed E-state index contributed by atoms with van der Waals surface area (Å²) in [4.78, 5) is 13.0. The molecule has 1 saturated heterocycles. The minimum absolute atomic E-state index is 0.0265. The first-order chi connectivity index (χ1) is 15.8. The van der Waals surface area contributed by atoms with Crippen LogP contribution in [0.5, 0.6) is 0 Å². The highest BCUT2D eigenvalue weighted by Crippen LogP contribution is 2.32. The monoisotopic (exact) mass is 502 g/mol. The Kier molecular flexibility index (Phi) is 7.69. The third-order valence-corrected chi connectivity index (χ3v) is 7.92. The Balaban J connectivity index is 1.68. The SMILES string of the molecule is CC1CN(CCc2ccc(C(F)(F)F)c(F)c2)CC(C)N1S(=O)(=O)c1cccc(CC(=O)O)c1. The van der Waals surface area contributed by atoms with Crippen molar-refractivity contribution in [2.45, 2.75) is 49.8 Å². The summed E-state index contributed by atoms with van der Waals surface area (Å²) in [7, 11) is -3.88. The van der Waals surface area contributed by atoms with Gasteiger partial charge in [-0.25, -0.2) is 12.8 Å². The molecule has 2 aromatic carbocycles. The summed E-state index contributed by atoms with van der Waals surface area (Å²) in [5.41, 5.74) is -0.489. The van der Waals surface area contributed by atoms with E-state index in [4.69, 9.17) is 5.11 Å². The summed E-state index contributed by atoms with van der Waals surface area (Å²) in [6.07, 6.45) is -4.71. The fraction of sp³-hybridized carbons (Fsp3) is 0.435. The molecule has 2 atom stereocenters. The number of nitrogens with zero attached hydrogens (tertiary/aromatic N) is 2. The van der Waals surface area contributed by atoms with Gasteiger partial charge in [-0.1, -0.05) is 18.2 Å². The summed E-state index contributed by atoms with van der Waals surface area (Å²) in [5.74, 6) is -2.37. The molecule has 1 heterocycles. The van der Waals surface area contributed by atoms with Crippen LogP contribution in [0, 0.1) is 5.82 Å². The smallest absolute Gasteiger partial charge is 0.419 e. The Morgan fingerprint density at radius 2 is 1.71 bits per heavy atom. The molecule has 0 spiro atoms. The van der Waals surface area contributed by atoms with Crippen molar-refractivity contribution < 1.29 is 35.9 Å². The van der Waals surface area contributed by atoms with Gasteiger partial charge >= 0.3 is 12.1 Å². The molecule has 0 aliphatic carbocycles. The van der Waals surface area contributed by atoms with Gasteiger partial charge in [0.1, 0.15) is 5.82 Å². The zero-order valence-corrected chi connectivity index (χ0v) is 19.5. The Morgan fingerprint density at radius 1 is 1.06 bits per heavy atom. The number of halogens is 4. The van der Waals surface area contributed by atoms with Crippen LogP contribution >= 0.6 is 0 Å². The van der Waals surface area contributed by atoms with E-state index in [2.05, 4.69) is 0 Å². The van der Waals surface area contributed by atoms with Gasteiger partial charge < -0.3 is 5.11 Å². The largest absolute Gasteiger partial charge is 0.481 e. The average molecular weight is 503 g/mol. The molecule has 34 heavy (non-hydrogen) atoms. The van der Waals surface area contributed by atoms with Crippen LogP contribution in [0.4, 0.5) is 17.6 Å². The number of rotatable bonds is 7. The maximum atomic E-state index is 13.8. The lowest BCUT2D eigenvalue weighted by Gasteiger charge is -2.43. The molecule has 2 unspecified atom stereocenters. The second-order valence-corrected chi connectivity index (χ2v) is 10.4. The number of carboxylic acid groups (broad SMARTS) is 1. The van der Waals surface area contributed by atoms with Gasteiger partial charge in [0.25, 0.3) is 0 Å². The average Bonchev–Trinajstić information content (AvgIpc) is 2.70. The van der Waals surface area contributed by atoms with Gasteiger partial charge in [-0.2, -0.15) is 17.5 Å². The van der Waals surface area contributed by atoms with Crippen molar-refractivity contribution in [1.82, 2.24) is 9.21 Å². The molecule has 0 saturated carbocycles. The number of sulfonamides is 1. The van der Waals surface area contributed by atoms with E-state index in [0.29, 0.717) is 37.2 Å². The van der Waals surface area contributed by atoms with Crippen LogP contribution in [0.2, 0.25) is 0 Å². The first-order valence-corrected chi connectivity index (χ1v) is 12.2. The van der Waals surface area contributed by atoms with Gasteiger partial charge in [0.15, 0.2) is 0 Å². The van der Waals surface area contributed by atoms with Crippen molar-refractivity contribution in [2.24, 2.45) is 0 Å². The summed E-state index contributed by atoms with van der Waals surface area (Å²) >= 11 is 0. The van der Waals surface area contributed by atoms with E-state index in [0.717, 1.165) is 12.1 Å². The highest BCUT2D eigenvalue weighted by atomic mass is 32.2. The third-order valence-electron chi connectivity index (χ3n) is 5.80. The molecule has 0 radical (unpaired) electrons. The number of alkyl halides is 3. The van der Waals surface area contributed by atoms with Crippen molar-refractivity contribution in [3.8, 4) is 0 Å². The third kappa shape index (κ3) is 5.94. The van der Waals surface area contributed by atoms with Crippen molar-refractivity contribution >= 4 is 16.0 Å². The molecule has 1 fully saturated rings. The van der Waals surface area contributed by atoms with Gasteiger partial charge in [-0.15, -0.1) is 0 Å². The molecule has 186 valence electrons. The Morgan fingerprint density at radius 3 is 2.26 bits per heavy atom. The van der Waals surface area contributed by atoms with Gasteiger partial charge in [0.2, 0.25) is 10.0 Å². The standard InChI is InChI=1S/C23H26F4N2O4S/c1-15-13-28(9-8-17-6-7-20(21(24)11-17)23(25,26)27)14-16(2)29(15)34(32,33)19-5-3-4-18(10-19)12-22(30)31/h3-7,10-11,15-16H,8-9,12-14H2,1-2H3,(H,30,31). The topological polar surface area (TPSA) is 77.9 Å². The van der Waals surface area contributed by atoms with E-state index >= 15 is 0 Å². The maximum absolute atomic E-state index is 13.8. The summed E-state index contributed by atoms with van der Waals surface area (Å²) in [6, 6.07) is 7.95. The second kappa shape index (κ2) is 10.0. The molecule has 11 heteroatoms. The van der Waals surface area contributed by atoms with E-state index in [9.17, 15) is 30.8 Å². The molecule has 6 nitrogen and oxygen atoms in total. The van der Waals surface area contributed by atoms with Gasteiger partial charge in [-0.05, 0) is 55.7 Å². The molecule has 0 aromatic heterocycles. The maximum Gasteiger partial charge on any atom is 0.419 e. The second-order valence-electron chi connectivity index (χ2n) is 8.57. The van der Waals surface area contributed by atoms with Gasteiger partial charge in [0, 0.05) is 31.7 Å². The molecule has 0 bridgehead atoms. The van der Waals surface area contributed by atoms with E-state index in [-0.39, 0.29) is 11.3 Å². The molecular formula is C23H26F4N2O4S. The molecule has 3 rings (SSSR count). The van der Waals surface area contributed by atoms with Gasteiger partial charge in [-0.3, -0.25) is 9.69 Å². The molecule has 1 aliphatic rings. The van der Waals surface area contributed by atoms with Crippen LogP contribution in [0.15, 0.2) is 47.4 Å². The molecule has 1 aliphatic heterocycles. The van der Waals surface area contributed by atoms with E-state index < -0.39 is 45.6 Å². The number of benzene rings is 2. The summed E-state index contributed by atoms with van der Waals surface area (Å²) < 4.78 is 80.1. The lowest BCUT2D eigenvalue weighted by Crippen LogP contribution is -2.58. The van der Waals surface area contributed by atoms with Crippen LogP contribution < -0.4 is 0 Å². The molecule has 2 aromatic rings. The van der Waals surface area contributed by atoms with E-state index in [1.165, 1.54) is 28.6 Å². The number of carbonyl (C=O) groups is 1. The normalized spacial score (nSPS) is 20.4. The fourth-order valence-corrected chi connectivity index (χ4v) is 6.29. The number of piperazine rings is 1. The zero-order chi connectivity index (χ0) is 25.3. The summed E-state index contributed by atoms with van der Waals surface area (Å²) in [5, 5.41) is 8.98. The zero-order valence-electron chi connectivity index (χ0n) is 18.7. The molecule has 1 N–H and O–H groups in total. The fourth-order valence-electron chi connectivity index (χ4n) is 4.42. The van der Waals surface area contributed by atoms with Crippen molar-refractivity contribution in [3.05, 3.63) is 65.0 Å². The van der Waals surface area contributed by atoms with Crippen molar-refractivity contribution in [1.29, 1.82) is 0 Å². The predicted octanol–water partition coefficient (Wildman–Crippen LogP) is 3.80. The Bertz CT molecular complexity index is 1140.